The van der Waals surface area contributed by atoms with Crippen molar-refractivity contribution >= 4 is 45.1 Å². The second-order valence-electron chi connectivity index (χ2n) is 9.69. The monoisotopic (exact) mass is 527 g/mol. The summed E-state index contributed by atoms with van der Waals surface area (Å²) < 4.78 is 0. The lowest BCUT2D eigenvalue weighted by Crippen LogP contribution is -2.42. The lowest BCUT2D eigenvalue weighted by Gasteiger charge is -2.29. The molecule has 0 saturated heterocycles. The van der Waals surface area contributed by atoms with Crippen LogP contribution in [0, 0.1) is 0 Å². The maximum atomic E-state index is 14.1. The van der Waals surface area contributed by atoms with Crippen LogP contribution in [-0.4, -0.2) is 44.5 Å². The first-order valence-electron chi connectivity index (χ1n) is 12.5. The van der Waals surface area contributed by atoms with E-state index in [0.29, 0.717) is 11.6 Å². The number of nitrogens with zero attached hydrogens (tertiary/aromatic N) is 5. The van der Waals surface area contributed by atoms with E-state index in [2.05, 4.69) is 46.7 Å². The molecule has 0 aromatic heterocycles. The molecule has 2 amide bonds. The van der Waals surface area contributed by atoms with Crippen molar-refractivity contribution in [2.45, 2.75) is 31.8 Å². The lowest BCUT2D eigenvalue weighted by atomic mass is 10.1. The van der Waals surface area contributed by atoms with Crippen molar-refractivity contribution in [1.29, 1.82) is 0 Å². The predicted molar refractivity (Wildman–Crippen MR) is 152 cm³/mol. The largest absolute Gasteiger partial charge is 0.347 e. The van der Waals surface area contributed by atoms with Gasteiger partial charge in [-0.15, -0.1) is 10.5 Å². The zero-order valence-electron chi connectivity index (χ0n) is 20.4. The number of hydrogen-bond acceptors (Lipinski definition) is 4. The second kappa shape index (κ2) is 8.78. The molecule has 1 saturated carbocycles. The molecule has 0 N–H and O–H groups in total. The Morgan fingerprint density at radius 3 is 2.68 bits per heavy atom. The van der Waals surface area contributed by atoms with Crippen LogP contribution in [0.4, 0.5) is 10.5 Å². The summed E-state index contributed by atoms with van der Waals surface area (Å²) >= 11 is 6.66. The Morgan fingerprint density at radius 1 is 1.11 bits per heavy atom. The number of allylic oxidation sites excluding steroid dienone is 2. The molecular formula is C29H26ClN5OS. The summed E-state index contributed by atoms with van der Waals surface area (Å²) in [6.07, 6.45) is 15.6. The number of hydrazone groups is 1. The van der Waals surface area contributed by atoms with Gasteiger partial charge in [0.2, 0.25) is 0 Å². The Bertz CT molecular complexity index is 1500. The van der Waals surface area contributed by atoms with Crippen LogP contribution in [-0.2, 0) is 6.54 Å². The first-order valence-corrected chi connectivity index (χ1v) is 14.5. The minimum atomic E-state index is -0.136. The molecule has 0 bridgehead atoms. The molecule has 3 aliphatic heterocycles. The Balaban J connectivity index is 1.31. The standard InChI is InChI=1S/C29H26ClN5OS/c1-37-26-13-7-10-22(26)23-17-32(25-12-6-5-11-24(25)30)18-27-34(28(23)37)19-31-35(27)29(36)33(21-14-15-21)16-20-8-3-2-4-9-20/h2-9,11-13,17-19,21H,10,14-16H2,1H3. The van der Waals surface area contributed by atoms with Crippen LogP contribution in [0.3, 0.4) is 0 Å². The van der Waals surface area contributed by atoms with Crippen LogP contribution in [0.25, 0.3) is 0 Å². The number of para-hydroxylation sites is 1. The maximum absolute atomic E-state index is 14.1. The summed E-state index contributed by atoms with van der Waals surface area (Å²) in [7, 11) is -0.136. The molecule has 1 atom stereocenters. The SMILES string of the molecule is CS1=C2C(=CN(c3ccccc3Cl)C=C3N2C=NN3C(=O)N(Cc2ccccc2)C2CC2)C2=C1C=CC2. The molecule has 2 aliphatic carbocycles. The highest BCUT2D eigenvalue weighted by atomic mass is 35.5. The highest BCUT2D eigenvalue weighted by Gasteiger charge is 2.42. The van der Waals surface area contributed by atoms with Crippen molar-refractivity contribution < 1.29 is 4.79 Å². The number of benzene rings is 2. The predicted octanol–water partition coefficient (Wildman–Crippen LogP) is 6.44. The molecule has 1 unspecified atom stereocenters. The normalized spacial score (nSPS) is 21.6. The van der Waals surface area contributed by atoms with Gasteiger partial charge in [0.15, 0.2) is 5.82 Å². The summed E-state index contributed by atoms with van der Waals surface area (Å²) in [4.78, 5) is 22.7. The number of carbonyl (C=O) groups excluding carboxylic acids is 1. The molecule has 2 aromatic carbocycles. The fourth-order valence-corrected chi connectivity index (χ4v) is 7.56. The van der Waals surface area contributed by atoms with E-state index in [-0.39, 0.29) is 22.6 Å². The van der Waals surface area contributed by atoms with E-state index in [1.54, 1.807) is 11.3 Å². The Morgan fingerprint density at radius 2 is 1.89 bits per heavy atom. The van der Waals surface area contributed by atoms with Crippen molar-refractivity contribution in [2.75, 3.05) is 11.2 Å². The van der Waals surface area contributed by atoms with Gasteiger partial charge in [0, 0.05) is 29.3 Å². The fourth-order valence-electron chi connectivity index (χ4n) is 5.31. The molecule has 8 heteroatoms. The van der Waals surface area contributed by atoms with Gasteiger partial charge in [-0.3, -0.25) is 4.90 Å². The van der Waals surface area contributed by atoms with Crippen LogP contribution in [0.2, 0.25) is 5.02 Å². The number of fused-ring (bicyclic) bond motifs is 4. The van der Waals surface area contributed by atoms with Crippen molar-refractivity contribution in [3.63, 3.8) is 0 Å². The second-order valence-corrected chi connectivity index (χ2v) is 11.9. The average Bonchev–Trinajstić information content (AvgIpc) is 3.45. The number of hydrogen-bond donors (Lipinski definition) is 0. The van der Waals surface area contributed by atoms with E-state index in [9.17, 15) is 4.79 Å². The summed E-state index contributed by atoms with van der Waals surface area (Å²) in [5.74, 6) is 0.717. The smallest absolute Gasteiger partial charge is 0.318 e. The summed E-state index contributed by atoms with van der Waals surface area (Å²) in [5, 5.41) is 6.88. The minimum absolute atomic E-state index is 0.103. The zero-order chi connectivity index (χ0) is 25.1. The van der Waals surface area contributed by atoms with E-state index in [0.717, 1.165) is 36.3 Å². The number of amides is 2. The molecule has 37 heavy (non-hydrogen) atoms. The van der Waals surface area contributed by atoms with E-state index in [4.69, 9.17) is 11.6 Å². The van der Waals surface area contributed by atoms with E-state index in [1.807, 2.05) is 58.5 Å². The molecule has 3 heterocycles. The molecule has 6 nitrogen and oxygen atoms in total. The summed E-state index contributed by atoms with van der Waals surface area (Å²) in [6.45, 7) is 0.566. The number of urea groups is 1. The molecule has 2 aromatic rings. The first-order chi connectivity index (χ1) is 18.1. The van der Waals surface area contributed by atoms with Crippen LogP contribution in [0.15, 0.2) is 106 Å². The Hall–Kier alpha value is -3.55. The molecule has 5 aliphatic rings. The number of halogens is 1. The third-order valence-corrected chi connectivity index (χ3v) is 9.65. The van der Waals surface area contributed by atoms with Crippen LogP contribution in [0.5, 0.6) is 0 Å². The van der Waals surface area contributed by atoms with Crippen LogP contribution in [0.1, 0.15) is 24.8 Å². The molecule has 1 fully saturated rings. The minimum Gasteiger partial charge on any atom is -0.318 e. The number of rotatable bonds is 4. The summed E-state index contributed by atoms with van der Waals surface area (Å²) in [5.41, 5.74) is 4.51. The first kappa shape index (κ1) is 22.6. The molecule has 0 spiro atoms. The maximum Gasteiger partial charge on any atom is 0.347 e. The number of carbonyl (C=O) groups is 1. The van der Waals surface area contributed by atoms with Crippen molar-refractivity contribution in [3.05, 3.63) is 112 Å². The third kappa shape index (κ3) is 3.76. The number of anilines is 1. The quantitative estimate of drug-likeness (QED) is 0.429. The molecule has 7 rings (SSSR count). The Labute approximate surface area is 224 Å². The van der Waals surface area contributed by atoms with Gasteiger partial charge in [-0.1, -0.05) is 66.2 Å². The van der Waals surface area contributed by atoms with E-state index >= 15 is 0 Å². The lowest BCUT2D eigenvalue weighted by molar-refractivity contribution is 0.159. The van der Waals surface area contributed by atoms with Crippen molar-refractivity contribution in [2.24, 2.45) is 5.10 Å². The van der Waals surface area contributed by atoms with Gasteiger partial charge in [-0.05, 0) is 48.8 Å². The van der Waals surface area contributed by atoms with Crippen molar-refractivity contribution in [1.82, 2.24) is 14.8 Å². The molecule has 0 radical (unpaired) electrons. The van der Waals surface area contributed by atoms with Crippen LogP contribution < -0.4 is 4.90 Å². The highest BCUT2D eigenvalue weighted by Crippen LogP contribution is 2.48. The Kier molecular flexibility index (Phi) is 5.37. The van der Waals surface area contributed by atoms with Gasteiger partial charge >= 0.3 is 6.03 Å². The molecule has 186 valence electrons. The van der Waals surface area contributed by atoms with Gasteiger partial charge in [-0.2, -0.15) is 10.1 Å². The fraction of sp³-hybridized carbons (Fsp3) is 0.207. The topological polar surface area (TPSA) is 42.4 Å². The van der Waals surface area contributed by atoms with Gasteiger partial charge in [0.25, 0.3) is 0 Å². The van der Waals surface area contributed by atoms with Gasteiger partial charge in [-0.25, -0.2) is 4.79 Å². The van der Waals surface area contributed by atoms with Crippen LogP contribution >= 0.6 is 22.1 Å². The molecular weight excluding hydrogens is 502 g/mol. The zero-order valence-corrected chi connectivity index (χ0v) is 22.0. The average molecular weight is 528 g/mol. The van der Waals surface area contributed by atoms with Crippen molar-refractivity contribution in [3.8, 4) is 0 Å². The third-order valence-electron chi connectivity index (χ3n) is 7.29. The van der Waals surface area contributed by atoms with E-state index < -0.39 is 0 Å². The van der Waals surface area contributed by atoms with Gasteiger partial charge in [0.05, 0.1) is 21.9 Å². The van der Waals surface area contributed by atoms with Gasteiger partial charge in [0.1, 0.15) is 6.34 Å². The summed E-state index contributed by atoms with van der Waals surface area (Å²) in [6, 6.07) is 18.1. The van der Waals surface area contributed by atoms with Gasteiger partial charge < -0.3 is 9.80 Å². The highest BCUT2D eigenvalue weighted by molar-refractivity contribution is 8.19. The van der Waals surface area contributed by atoms with E-state index in [1.165, 1.54) is 21.0 Å².